The number of anilines is 1. The Bertz CT molecular complexity index is 489. The topological polar surface area (TPSA) is 64.9 Å². The summed E-state index contributed by atoms with van der Waals surface area (Å²) in [6.45, 7) is 0.812. The molecule has 2 N–H and O–H groups in total. The lowest BCUT2D eigenvalue weighted by atomic mass is 10.0. The van der Waals surface area contributed by atoms with Crippen molar-refractivity contribution in [1.82, 2.24) is 5.32 Å². The maximum absolute atomic E-state index is 13.4. The van der Waals surface area contributed by atoms with Crippen molar-refractivity contribution in [2.75, 3.05) is 11.9 Å². The summed E-state index contributed by atoms with van der Waals surface area (Å²) < 4.78 is 13.4. The molecule has 94 valence electrons. The average Bonchev–Trinajstić information content (AvgIpc) is 2.40. The predicted octanol–water partition coefficient (Wildman–Crippen LogP) is 1.78. The summed E-state index contributed by atoms with van der Waals surface area (Å²) >= 11 is 0. The third kappa shape index (κ3) is 2.66. The molecule has 18 heavy (non-hydrogen) atoms. The van der Waals surface area contributed by atoms with Gasteiger partial charge in [-0.1, -0.05) is 12.5 Å². The summed E-state index contributed by atoms with van der Waals surface area (Å²) in [6.07, 6.45) is 2.83. The number of carbonyl (C=O) groups excluding carboxylic acids is 1. The van der Waals surface area contributed by atoms with Gasteiger partial charge in [-0.2, -0.15) is 5.26 Å². The van der Waals surface area contributed by atoms with Crippen LogP contribution in [-0.2, 0) is 4.79 Å². The van der Waals surface area contributed by atoms with Gasteiger partial charge in [-0.3, -0.25) is 4.79 Å². The number of nitrogens with zero attached hydrogens (tertiary/aromatic N) is 1. The summed E-state index contributed by atoms with van der Waals surface area (Å²) in [5.41, 5.74) is 0.108. The molecule has 0 unspecified atom stereocenters. The largest absolute Gasteiger partial charge is 0.323 e. The molecule has 0 spiro atoms. The summed E-state index contributed by atoms with van der Waals surface area (Å²) in [7, 11) is 0. The van der Waals surface area contributed by atoms with E-state index >= 15 is 0 Å². The maximum atomic E-state index is 13.4. The molecule has 0 aliphatic carbocycles. The van der Waals surface area contributed by atoms with Crippen molar-refractivity contribution in [1.29, 1.82) is 5.26 Å². The number of hydrogen-bond acceptors (Lipinski definition) is 3. The first-order valence-electron chi connectivity index (χ1n) is 5.95. The third-order valence-corrected chi connectivity index (χ3v) is 3.01. The van der Waals surface area contributed by atoms with E-state index in [-0.39, 0.29) is 23.2 Å². The minimum Gasteiger partial charge on any atom is -0.323 e. The van der Waals surface area contributed by atoms with Gasteiger partial charge < -0.3 is 10.6 Å². The second-order valence-electron chi connectivity index (χ2n) is 4.27. The van der Waals surface area contributed by atoms with Gasteiger partial charge in [0.05, 0.1) is 11.7 Å². The lowest BCUT2D eigenvalue weighted by Crippen LogP contribution is -2.43. The van der Waals surface area contributed by atoms with Crippen molar-refractivity contribution < 1.29 is 9.18 Å². The molecule has 2 rings (SSSR count). The number of nitrogens with one attached hydrogen (secondary N) is 2. The van der Waals surface area contributed by atoms with Crippen LogP contribution >= 0.6 is 0 Å². The van der Waals surface area contributed by atoms with E-state index in [1.54, 1.807) is 6.07 Å². The van der Waals surface area contributed by atoms with Gasteiger partial charge in [-0.15, -0.1) is 0 Å². The Kier molecular flexibility index (Phi) is 3.90. The molecular weight excluding hydrogens is 233 g/mol. The highest BCUT2D eigenvalue weighted by atomic mass is 19.1. The SMILES string of the molecule is N#Cc1c(F)cccc1NC(=O)[C@@H]1CCCCN1. The average molecular weight is 247 g/mol. The van der Waals surface area contributed by atoms with E-state index in [4.69, 9.17) is 5.26 Å². The molecular formula is C13H14FN3O. The highest BCUT2D eigenvalue weighted by molar-refractivity contribution is 5.96. The Labute approximate surface area is 105 Å². The fourth-order valence-corrected chi connectivity index (χ4v) is 2.04. The summed E-state index contributed by atoms with van der Waals surface area (Å²) in [6, 6.07) is 5.71. The fourth-order valence-electron chi connectivity index (χ4n) is 2.04. The number of nitriles is 1. The number of amides is 1. The first kappa shape index (κ1) is 12.5. The van der Waals surface area contributed by atoms with Gasteiger partial charge in [0.1, 0.15) is 17.4 Å². The normalized spacial score (nSPS) is 19.0. The zero-order valence-corrected chi connectivity index (χ0v) is 9.87. The Balaban J connectivity index is 2.12. The van der Waals surface area contributed by atoms with E-state index < -0.39 is 5.82 Å². The van der Waals surface area contributed by atoms with Crippen LogP contribution in [0.3, 0.4) is 0 Å². The quantitative estimate of drug-likeness (QED) is 0.837. The standard InChI is InChI=1S/C13H14FN3O/c14-10-4-3-6-11(9(10)8-15)17-13(18)12-5-1-2-7-16-12/h3-4,6,12,16H,1-2,5,7H2,(H,17,18)/t12-/m0/s1. The van der Waals surface area contributed by atoms with E-state index in [1.807, 2.05) is 0 Å². The lowest BCUT2D eigenvalue weighted by molar-refractivity contribution is -0.118. The first-order chi connectivity index (χ1) is 8.72. The highest BCUT2D eigenvalue weighted by Crippen LogP contribution is 2.18. The van der Waals surface area contributed by atoms with Gasteiger partial charge in [-0.05, 0) is 31.5 Å². The van der Waals surface area contributed by atoms with Gasteiger partial charge in [0.15, 0.2) is 0 Å². The molecule has 0 radical (unpaired) electrons. The Morgan fingerprint density at radius 2 is 2.33 bits per heavy atom. The van der Waals surface area contributed by atoms with Crippen LogP contribution in [0.1, 0.15) is 24.8 Å². The van der Waals surface area contributed by atoms with Crippen molar-refractivity contribution in [3.63, 3.8) is 0 Å². The van der Waals surface area contributed by atoms with Crippen molar-refractivity contribution >= 4 is 11.6 Å². The van der Waals surface area contributed by atoms with Crippen LogP contribution in [0.2, 0.25) is 0 Å². The monoisotopic (exact) mass is 247 g/mol. The van der Waals surface area contributed by atoms with Crippen LogP contribution in [0.4, 0.5) is 10.1 Å². The first-order valence-corrected chi connectivity index (χ1v) is 5.95. The van der Waals surface area contributed by atoms with Gasteiger partial charge in [-0.25, -0.2) is 4.39 Å². The molecule has 1 aliphatic rings. The van der Waals surface area contributed by atoms with Crippen molar-refractivity contribution in [3.05, 3.63) is 29.6 Å². The number of hydrogen-bond donors (Lipinski definition) is 2. The smallest absolute Gasteiger partial charge is 0.241 e. The van der Waals surface area contributed by atoms with E-state index in [0.29, 0.717) is 0 Å². The van der Waals surface area contributed by atoms with Gasteiger partial charge in [0.25, 0.3) is 0 Å². The molecule has 0 bridgehead atoms. The summed E-state index contributed by atoms with van der Waals surface area (Å²) in [5.74, 6) is -0.830. The Hall–Kier alpha value is -1.93. The molecule has 1 aliphatic heterocycles. The van der Waals surface area contributed by atoms with Crippen LogP contribution < -0.4 is 10.6 Å². The zero-order valence-electron chi connectivity index (χ0n) is 9.87. The lowest BCUT2D eigenvalue weighted by Gasteiger charge is -2.22. The van der Waals surface area contributed by atoms with E-state index in [9.17, 15) is 9.18 Å². The number of piperidine rings is 1. The van der Waals surface area contributed by atoms with Crippen molar-refractivity contribution in [2.45, 2.75) is 25.3 Å². The Morgan fingerprint density at radius 1 is 1.50 bits per heavy atom. The molecule has 1 atom stereocenters. The van der Waals surface area contributed by atoms with Gasteiger partial charge >= 0.3 is 0 Å². The van der Waals surface area contributed by atoms with Crippen LogP contribution in [0, 0.1) is 17.1 Å². The summed E-state index contributed by atoms with van der Waals surface area (Å²) in [4.78, 5) is 11.9. The molecule has 0 aromatic heterocycles. The highest BCUT2D eigenvalue weighted by Gasteiger charge is 2.21. The molecule has 5 heteroatoms. The number of rotatable bonds is 2. The molecule has 1 aromatic carbocycles. The molecule has 1 saturated heterocycles. The van der Waals surface area contributed by atoms with Crippen LogP contribution in [-0.4, -0.2) is 18.5 Å². The molecule has 1 heterocycles. The fraction of sp³-hybridized carbons (Fsp3) is 0.385. The maximum Gasteiger partial charge on any atom is 0.241 e. The summed E-state index contributed by atoms with van der Waals surface area (Å²) in [5, 5.41) is 14.6. The molecule has 4 nitrogen and oxygen atoms in total. The Morgan fingerprint density at radius 3 is 3.00 bits per heavy atom. The number of carbonyl (C=O) groups is 1. The third-order valence-electron chi connectivity index (χ3n) is 3.01. The van der Waals surface area contributed by atoms with E-state index in [0.717, 1.165) is 25.8 Å². The predicted molar refractivity (Wildman–Crippen MR) is 65.4 cm³/mol. The van der Waals surface area contributed by atoms with Gasteiger partial charge in [0, 0.05) is 0 Å². The van der Waals surface area contributed by atoms with Crippen molar-refractivity contribution in [3.8, 4) is 6.07 Å². The zero-order chi connectivity index (χ0) is 13.0. The van der Waals surface area contributed by atoms with E-state index in [1.165, 1.54) is 18.2 Å². The molecule has 0 saturated carbocycles. The number of benzene rings is 1. The molecule has 1 fully saturated rings. The van der Waals surface area contributed by atoms with Crippen LogP contribution in [0.5, 0.6) is 0 Å². The number of halogens is 1. The van der Waals surface area contributed by atoms with Crippen LogP contribution in [0.25, 0.3) is 0 Å². The minimum atomic E-state index is -0.619. The van der Waals surface area contributed by atoms with Crippen LogP contribution in [0.15, 0.2) is 18.2 Å². The second-order valence-corrected chi connectivity index (χ2v) is 4.27. The van der Waals surface area contributed by atoms with Crippen molar-refractivity contribution in [2.24, 2.45) is 0 Å². The minimum absolute atomic E-state index is 0.123. The molecule has 1 aromatic rings. The second kappa shape index (κ2) is 5.61. The van der Waals surface area contributed by atoms with Gasteiger partial charge in [0.2, 0.25) is 5.91 Å². The molecule has 1 amide bonds. The van der Waals surface area contributed by atoms with E-state index in [2.05, 4.69) is 10.6 Å².